The van der Waals surface area contributed by atoms with Crippen LogP contribution in [0.1, 0.15) is 67.8 Å². The van der Waals surface area contributed by atoms with E-state index >= 15 is 0 Å². The highest BCUT2D eigenvalue weighted by atomic mass is 28.4. The van der Waals surface area contributed by atoms with Crippen LogP contribution in [0.25, 0.3) is 0 Å². The van der Waals surface area contributed by atoms with Crippen molar-refractivity contribution in [2.24, 2.45) is 29.1 Å². The predicted octanol–water partition coefficient (Wildman–Crippen LogP) is 7.87. The van der Waals surface area contributed by atoms with Gasteiger partial charge >= 0.3 is 5.97 Å². The van der Waals surface area contributed by atoms with Crippen molar-refractivity contribution in [1.82, 2.24) is 0 Å². The molecule has 4 bridgehead atoms. The maximum atomic E-state index is 12.4. The van der Waals surface area contributed by atoms with E-state index in [0.717, 1.165) is 29.1 Å². The van der Waals surface area contributed by atoms with Gasteiger partial charge in [0.1, 0.15) is 12.4 Å². The number of hydrogen-bond donors (Lipinski definition) is 0. The highest BCUT2D eigenvalue weighted by Crippen LogP contribution is 2.62. The molecule has 2 aromatic carbocycles. The van der Waals surface area contributed by atoms with Crippen LogP contribution in [-0.4, -0.2) is 14.3 Å². The van der Waals surface area contributed by atoms with Crippen molar-refractivity contribution in [1.29, 1.82) is 0 Å². The van der Waals surface area contributed by atoms with Crippen molar-refractivity contribution in [2.75, 3.05) is 0 Å². The summed E-state index contributed by atoms with van der Waals surface area (Å²) < 4.78 is 12.0. The van der Waals surface area contributed by atoms with E-state index in [9.17, 15) is 4.79 Å². The Bertz CT molecular complexity index is 947. The number of rotatable bonds is 9. The molecule has 0 saturated heterocycles. The normalized spacial score (nSPS) is 28.5. The van der Waals surface area contributed by atoms with Crippen LogP contribution in [0.15, 0.2) is 54.6 Å². The third-order valence-corrected chi connectivity index (χ3v) is 11.0. The van der Waals surface area contributed by atoms with E-state index < -0.39 is 8.32 Å². The average molecular weight is 477 g/mol. The molecule has 34 heavy (non-hydrogen) atoms. The maximum Gasteiger partial charge on any atom is 0.338 e. The largest absolute Gasteiger partial charge is 0.544 e. The molecule has 0 amide bonds. The zero-order chi connectivity index (χ0) is 23.8. The Morgan fingerprint density at radius 3 is 2.12 bits per heavy atom. The van der Waals surface area contributed by atoms with E-state index in [1.165, 1.54) is 51.0 Å². The second-order valence-corrected chi connectivity index (χ2v) is 16.5. The fourth-order valence-corrected chi connectivity index (χ4v) is 10.7. The third kappa shape index (κ3) is 5.59. The molecule has 4 heteroatoms. The molecule has 1 atom stereocenters. The number of benzene rings is 2. The Kier molecular flexibility index (Phi) is 6.63. The van der Waals surface area contributed by atoms with E-state index in [4.69, 9.17) is 9.16 Å². The van der Waals surface area contributed by atoms with Gasteiger partial charge in [0.2, 0.25) is 8.32 Å². The minimum atomic E-state index is -1.86. The molecule has 0 aromatic heterocycles. The topological polar surface area (TPSA) is 35.5 Å². The number of carbonyl (C=O) groups is 1. The summed E-state index contributed by atoms with van der Waals surface area (Å²) in [5, 5.41) is 0. The van der Waals surface area contributed by atoms with Crippen molar-refractivity contribution in [3.63, 3.8) is 0 Å². The van der Waals surface area contributed by atoms with E-state index in [1.54, 1.807) is 0 Å². The van der Waals surface area contributed by atoms with Gasteiger partial charge in [-0.05, 0) is 123 Å². The summed E-state index contributed by atoms with van der Waals surface area (Å²) in [5.74, 6) is 4.37. The quantitative estimate of drug-likeness (QED) is 0.273. The van der Waals surface area contributed by atoms with Crippen molar-refractivity contribution in [3.8, 4) is 5.75 Å². The molecule has 2 aromatic rings. The average Bonchev–Trinajstić information content (AvgIpc) is 2.76. The molecule has 4 saturated carbocycles. The van der Waals surface area contributed by atoms with Crippen LogP contribution < -0.4 is 4.43 Å². The summed E-state index contributed by atoms with van der Waals surface area (Å²) >= 11 is 0. The Labute approximate surface area is 206 Å². The second-order valence-electron chi connectivity index (χ2n) is 12.4. The monoisotopic (exact) mass is 476 g/mol. The summed E-state index contributed by atoms with van der Waals surface area (Å²) in [5.41, 5.74) is 2.20. The molecule has 0 heterocycles. The number of carbonyl (C=O) groups excluding carboxylic acids is 1. The van der Waals surface area contributed by atoms with Gasteiger partial charge in [-0.3, -0.25) is 0 Å². The van der Waals surface area contributed by atoms with E-state index in [0.29, 0.717) is 23.5 Å². The summed E-state index contributed by atoms with van der Waals surface area (Å²) in [6.07, 6.45) is 10.4. The number of hydrogen-bond acceptors (Lipinski definition) is 3. The van der Waals surface area contributed by atoms with E-state index in [1.807, 2.05) is 54.6 Å². The summed E-state index contributed by atoms with van der Waals surface area (Å²) in [4.78, 5) is 12.4. The van der Waals surface area contributed by atoms with Gasteiger partial charge in [0, 0.05) is 0 Å². The van der Waals surface area contributed by atoms with Gasteiger partial charge in [-0.25, -0.2) is 4.79 Å². The molecule has 0 aliphatic heterocycles. The van der Waals surface area contributed by atoms with E-state index in [-0.39, 0.29) is 5.97 Å². The predicted molar refractivity (Wildman–Crippen MR) is 139 cm³/mol. The number of ether oxygens (including phenoxy) is 1. The molecular formula is C30H40O3Si. The van der Waals surface area contributed by atoms with Crippen molar-refractivity contribution in [3.05, 3.63) is 65.7 Å². The van der Waals surface area contributed by atoms with Gasteiger partial charge in [-0.15, -0.1) is 0 Å². The summed E-state index contributed by atoms with van der Waals surface area (Å²) in [6.45, 7) is 7.43. The van der Waals surface area contributed by atoms with Crippen LogP contribution in [0.5, 0.6) is 5.75 Å². The standard InChI is InChI=1S/C30H40O3Si/c1-22(16-30-17-24-13-25(18-30)15-26(14-24)19-30)21-34(2,3)33-28-11-9-27(10-12-28)29(31)32-20-23-7-5-4-6-8-23/h4-12,22,24-26H,13-21H2,1-3H3. The van der Waals surface area contributed by atoms with Crippen LogP contribution >= 0.6 is 0 Å². The van der Waals surface area contributed by atoms with Crippen LogP contribution in [0, 0.1) is 29.1 Å². The van der Waals surface area contributed by atoms with Gasteiger partial charge in [-0.2, -0.15) is 0 Å². The zero-order valence-electron chi connectivity index (χ0n) is 21.1. The fourth-order valence-electron chi connectivity index (χ4n) is 8.02. The maximum absolute atomic E-state index is 12.4. The highest BCUT2D eigenvalue weighted by molar-refractivity contribution is 6.71. The number of esters is 1. The van der Waals surface area contributed by atoms with Crippen LogP contribution in [0.2, 0.25) is 19.1 Å². The summed E-state index contributed by atoms with van der Waals surface area (Å²) in [6, 6.07) is 18.5. The second kappa shape index (κ2) is 9.52. The Morgan fingerprint density at radius 1 is 0.941 bits per heavy atom. The van der Waals surface area contributed by atoms with E-state index in [2.05, 4.69) is 20.0 Å². The van der Waals surface area contributed by atoms with Gasteiger partial charge in [0.05, 0.1) is 5.56 Å². The van der Waals surface area contributed by atoms with Crippen LogP contribution in [0.3, 0.4) is 0 Å². The Hall–Kier alpha value is -2.07. The minimum Gasteiger partial charge on any atom is -0.544 e. The zero-order valence-corrected chi connectivity index (χ0v) is 22.1. The molecule has 1 unspecified atom stereocenters. The van der Waals surface area contributed by atoms with Crippen LogP contribution in [0.4, 0.5) is 0 Å². The molecule has 0 spiro atoms. The van der Waals surface area contributed by atoms with Crippen molar-refractivity contribution in [2.45, 2.75) is 77.6 Å². The lowest BCUT2D eigenvalue weighted by Crippen LogP contribution is -2.47. The first-order valence-electron chi connectivity index (χ1n) is 13.3. The minimum absolute atomic E-state index is 0.291. The molecular weight excluding hydrogens is 436 g/mol. The Balaban J connectivity index is 1.13. The molecule has 182 valence electrons. The SMILES string of the molecule is CC(CC12CC3CC(CC(C3)C1)C2)C[Si](C)(C)Oc1ccc(C(=O)OCc2ccccc2)cc1. The van der Waals surface area contributed by atoms with Gasteiger partial charge in [0.15, 0.2) is 0 Å². The molecule has 4 aliphatic carbocycles. The lowest BCUT2D eigenvalue weighted by molar-refractivity contribution is -0.0633. The molecule has 3 nitrogen and oxygen atoms in total. The van der Waals surface area contributed by atoms with Crippen molar-refractivity contribution < 1.29 is 14.0 Å². The summed E-state index contributed by atoms with van der Waals surface area (Å²) in [7, 11) is -1.86. The molecule has 6 rings (SSSR count). The van der Waals surface area contributed by atoms with Crippen molar-refractivity contribution >= 4 is 14.3 Å². The fraction of sp³-hybridized carbons (Fsp3) is 0.567. The molecule has 0 radical (unpaired) electrons. The smallest absolute Gasteiger partial charge is 0.338 e. The molecule has 0 N–H and O–H groups in total. The third-order valence-electron chi connectivity index (χ3n) is 8.48. The van der Waals surface area contributed by atoms with Gasteiger partial charge in [-0.1, -0.05) is 37.3 Å². The molecule has 4 fully saturated rings. The lowest BCUT2D eigenvalue weighted by atomic mass is 9.48. The van der Waals surface area contributed by atoms with Gasteiger partial charge < -0.3 is 9.16 Å². The highest BCUT2D eigenvalue weighted by Gasteiger charge is 2.51. The first-order chi connectivity index (χ1) is 16.3. The molecule has 4 aliphatic rings. The van der Waals surface area contributed by atoms with Crippen LogP contribution in [-0.2, 0) is 11.3 Å². The first-order valence-corrected chi connectivity index (χ1v) is 16.4. The lowest BCUT2D eigenvalue weighted by Gasteiger charge is -2.57. The Morgan fingerprint density at radius 2 is 1.53 bits per heavy atom. The van der Waals surface area contributed by atoms with Gasteiger partial charge in [0.25, 0.3) is 0 Å². The first kappa shape index (κ1) is 23.7.